The third-order valence-electron chi connectivity index (χ3n) is 4.18. The Morgan fingerprint density at radius 1 is 1.47 bits per heavy atom. The van der Waals surface area contributed by atoms with Crippen molar-refractivity contribution in [3.63, 3.8) is 0 Å². The summed E-state index contributed by atoms with van der Waals surface area (Å²) in [6, 6.07) is 0. The standard InChI is InChI=1S/C14H26O/c1-10(8-12(3)15)9-13-7-6-11(2)14(13,4)5/h6,10,12-13,15H,7-9H2,1-5H3. The van der Waals surface area contributed by atoms with E-state index >= 15 is 0 Å². The lowest BCUT2D eigenvalue weighted by atomic mass is 9.73. The Labute approximate surface area is 94.6 Å². The van der Waals surface area contributed by atoms with Gasteiger partial charge in [-0.05, 0) is 50.4 Å². The van der Waals surface area contributed by atoms with Crippen LogP contribution in [0.2, 0.25) is 0 Å². The lowest BCUT2D eigenvalue weighted by molar-refractivity contribution is 0.145. The van der Waals surface area contributed by atoms with Gasteiger partial charge in [-0.2, -0.15) is 0 Å². The number of hydrogen-bond acceptors (Lipinski definition) is 1. The molecule has 1 aliphatic carbocycles. The first-order valence-electron chi connectivity index (χ1n) is 6.19. The minimum atomic E-state index is -0.154. The minimum Gasteiger partial charge on any atom is -0.393 e. The fourth-order valence-corrected chi connectivity index (χ4v) is 2.75. The molecule has 1 nitrogen and oxygen atoms in total. The van der Waals surface area contributed by atoms with Crippen LogP contribution >= 0.6 is 0 Å². The molecule has 0 aromatic heterocycles. The van der Waals surface area contributed by atoms with E-state index in [9.17, 15) is 5.11 Å². The summed E-state index contributed by atoms with van der Waals surface area (Å²) >= 11 is 0. The van der Waals surface area contributed by atoms with E-state index in [0.717, 1.165) is 12.3 Å². The first-order chi connectivity index (χ1) is 6.84. The van der Waals surface area contributed by atoms with E-state index in [0.29, 0.717) is 11.3 Å². The Balaban J connectivity index is 2.48. The zero-order valence-corrected chi connectivity index (χ0v) is 10.9. The number of rotatable bonds is 4. The average molecular weight is 210 g/mol. The van der Waals surface area contributed by atoms with Crippen LogP contribution in [0.4, 0.5) is 0 Å². The van der Waals surface area contributed by atoms with Crippen LogP contribution in [0.1, 0.15) is 53.9 Å². The fraction of sp³-hybridized carbons (Fsp3) is 0.857. The Kier molecular flexibility index (Phi) is 3.99. The average Bonchev–Trinajstić information content (AvgIpc) is 2.30. The Hall–Kier alpha value is -0.300. The van der Waals surface area contributed by atoms with Crippen LogP contribution < -0.4 is 0 Å². The molecule has 0 aromatic rings. The van der Waals surface area contributed by atoms with E-state index in [4.69, 9.17) is 0 Å². The molecule has 3 unspecified atom stereocenters. The molecular weight excluding hydrogens is 184 g/mol. The SMILES string of the molecule is CC1=CCC(CC(C)CC(C)O)C1(C)C. The summed E-state index contributed by atoms with van der Waals surface area (Å²) in [7, 11) is 0. The van der Waals surface area contributed by atoms with Gasteiger partial charge in [-0.1, -0.05) is 32.4 Å². The van der Waals surface area contributed by atoms with Crippen molar-refractivity contribution in [2.45, 2.75) is 60.0 Å². The highest BCUT2D eigenvalue weighted by molar-refractivity contribution is 5.18. The highest BCUT2D eigenvalue weighted by Gasteiger charge is 2.35. The molecule has 0 radical (unpaired) electrons. The topological polar surface area (TPSA) is 20.2 Å². The second-order valence-electron chi connectivity index (χ2n) is 5.97. The van der Waals surface area contributed by atoms with Gasteiger partial charge in [0.05, 0.1) is 6.10 Å². The van der Waals surface area contributed by atoms with Gasteiger partial charge in [-0.3, -0.25) is 0 Å². The quantitative estimate of drug-likeness (QED) is 0.700. The molecule has 1 rings (SSSR count). The van der Waals surface area contributed by atoms with Gasteiger partial charge in [0.15, 0.2) is 0 Å². The summed E-state index contributed by atoms with van der Waals surface area (Å²) < 4.78 is 0. The molecular formula is C14H26O. The molecule has 15 heavy (non-hydrogen) atoms. The van der Waals surface area contributed by atoms with Gasteiger partial charge in [0.1, 0.15) is 0 Å². The molecule has 1 N–H and O–H groups in total. The van der Waals surface area contributed by atoms with Crippen LogP contribution in [0.5, 0.6) is 0 Å². The van der Waals surface area contributed by atoms with Crippen molar-refractivity contribution in [3.05, 3.63) is 11.6 Å². The van der Waals surface area contributed by atoms with Crippen LogP contribution in [0, 0.1) is 17.3 Å². The first kappa shape index (κ1) is 12.8. The predicted molar refractivity (Wildman–Crippen MR) is 65.7 cm³/mol. The Morgan fingerprint density at radius 2 is 2.07 bits per heavy atom. The smallest absolute Gasteiger partial charge is 0.0514 e. The number of hydrogen-bond donors (Lipinski definition) is 1. The van der Waals surface area contributed by atoms with Crippen LogP contribution in [-0.2, 0) is 0 Å². The largest absolute Gasteiger partial charge is 0.393 e. The van der Waals surface area contributed by atoms with Gasteiger partial charge in [0, 0.05) is 0 Å². The first-order valence-corrected chi connectivity index (χ1v) is 6.19. The molecule has 88 valence electrons. The lowest BCUT2D eigenvalue weighted by Crippen LogP contribution is -2.23. The number of allylic oxidation sites excluding steroid dienone is 2. The summed E-state index contributed by atoms with van der Waals surface area (Å²) in [5.41, 5.74) is 1.91. The molecule has 0 aromatic carbocycles. The van der Waals surface area contributed by atoms with Crippen LogP contribution in [0.25, 0.3) is 0 Å². The second-order valence-corrected chi connectivity index (χ2v) is 5.97. The summed E-state index contributed by atoms with van der Waals surface area (Å²) in [5.74, 6) is 1.40. The molecule has 0 aliphatic heterocycles. The van der Waals surface area contributed by atoms with Crippen LogP contribution in [0.15, 0.2) is 11.6 Å². The number of aliphatic hydroxyl groups is 1. The molecule has 0 heterocycles. The monoisotopic (exact) mass is 210 g/mol. The van der Waals surface area contributed by atoms with Gasteiger partial charge < -0.3 is 5.11 Å². The zero-order chi connectivity index (χ0) is 11.6. The Morgan fingerprint density at radius 3 is 2.47 bits per heavy atom. The summed E-state index contributed by atoms with van der Waals surface area (Å²) in [6.07, 6.45) is 5.64. The van der Waals surface area contributed by atoms with Gasteiger partial charge in [0.25, 0.3) is 0 Å². The van der Waals surface area contributed by atoms with Gasteiger partial charge >= 0.3 is 0 Å². The van der Waals surface area contributed by atoms with Crippen molar-refractivity contribution < 1.29 is 5.11 Å². The fourth-order valence-electron chi connectivity index (χ4n) is 2.75. The van der Waals surface area contributed by atoms with E-state index in [1.807, 2.05) is 6.92 Å². The van der Waals surface area contributed by atoms with E-state index in [-0.39, 0.29) is 6.10 Å². The maximum atomic E-state index is 9.37. The highest BCUT2D eigenvalue weighted by atomic mass is 16.3. The molecule has 3 atom stereocenters. The van der Waals surface area contributed by atoms with Gasteiger partial charge in [-0.25, -0.2) is 0 Å². The maximum absolute atomic E-state index is 9.37. The van der Waals surface area contributed by atoms with E-state index < -0.39 is 0 Å². The maximum Gasteiger partial charge on any atom is 0.0514 e. The van der Waals surface area contributed by atoms with Crippen molar-refractivity contribution in [2.24, 2.45) is 17.3 Å². The normalized spacial score (nSPS) is 28.7. The second kappa shape index (κ2) is 4.69. The van der Waals surface area contributed by atoms with Crippen molar-refractivity contribution in [3.8, 4) is 0 Å². The minimum absolute atomic E-state index is 0.154. The van der Waals surface area contributed by atoms with Crippen LogP contribution in [0.3, 0.4) is 0 Å². The van der Waals surface area contributed by atoms with Crippen molar-refractivity contribution in [1.29, 1.82) is 0 Å². The van der Waals surface area contributed by atoms with Gasteiger partial charge in [0.2, 0.25) is 0 Å². The van der Waals surface area contributed by atoms with Crippen molar-refractivity contribution in [2.75, 3.05) is 0 Å². The summed E-state index contributed by atoms with van der Waals surface area (Å²) in [5, 5.41) is 9.37. The number of aliphatic hydroxyl groups excluding tert-OH is 1. The van der Waals surface area contributed by atoms with E-state index in [2.05, 4.69) is 33.8 Å². The highest BCUT2D eigenvalue weighted by Crippen LogP contribution is 2.46. The third-order valence-corrected chi connectivity index (χ3v) is 4.18. The summed E-state index contributed by atoms with van der Waals surface area (Å²) in [6.45, 7) is 11.1. The molecule has 0 spiro atoms. The van der Waals surface area contributed by atoms with Crippen LogP contribution in [-0.4, -0.2) is 11.2 Å². The molecule has 0 amide bonds. The van der Waals surface area contributed by atoms with Gasteiger partial charge in [-0.15, -0.1) is 0 Å². The zero-order valence-electron chi connectivity index (χ0n) is 10.9. The lowest BCUT2D eigenvalue weighted by Gasteiger charge is -2.32. The van der Waals surface area contributed by atoms with Crippen molar-refractivity contribution in [1.82, 2.24) is 0 Å². The Bertz CT molecular complexity index is 238. The predicted octanol–water partition coefficient (Wildman–Crippen LogP) is 3.78. The van der Waals surface area contributed by atoms with E-state index in [1.54, 1.807) is 0 Å². The van der Waals surface area contributed by atoms with E-state index in [1.165, 1.54) is 18.4 Å². The van der Waals surface area contributed by atoms with Crippen molar-refractivity contribution >= 4 is 0 Å². The molecule has 0 fully saturated rings. The molecule has 0 saturated heterocycles. The molecule has 0 saturated carbocycles. The molecule has 1 aliphatic rings. The molecule has 0 bridgehead atoms. The third kappa shape index (κ3) is 3.07. The molecule has 1 heteroatoms. The summed E-state index contributed by atoms with van der Waals surface area (Å²) in [4.78, 5) is 0.